The van der Waals surface area contributed by atoms with E-state index >= 15 is 0 Å². The van der Waals surface area contributed by atoms with Gasteiger partial charge in [-0.05, 0) is 25.5 Å². The minimum atomic E-state index is -0.168. The van der Waals surface area contributed by atoms with Gasteiger partial charge in [0.2, 0.25) is 0 Å². The van der Waals surface area contributed by atoms with Crippen LogP contribution < -0.4 is 0 Å². The van der Waals surface area contributed by atoms with Crippen LogP contribution in [0.5, 0.6) is 0 Å². The molecule has 2 heterocycles. The van der Waals surface area contributed by atoms with Crippen LogP contribution in [0.15, 0.2) is 30.3 Å². The van der Waals surface area contributed by atoms with Crippen LogP contribution in [-0.4, -0.2) is 14.8 Å². The molecule has 0 spiro atoms. The third-order valence-electron chi connectivity index (χ3n) is 3.23. The van der Waals surface area contributed by atoms with Gasteiger partial charge in [-0.25, -0.2) is 14.1 Å². The molecule has 1 aliphatic rings. The Bertz CT molecular complexity index is 601. The normalized spacial score (nSPS) is 18.4. The molecule has 1 atom stereocenters. The van der Waals surface area contributed by atoms with Gasteiger partial charge in [-0.15, -0.1) is 0 Å². The minimum Gasteiger partial charge on any atom is -0.242 e. The summed E-state index contributed by atoms with van der Waals surface area (Å²) < 4.78 is 15.7. The van der Waals surface area contributed by atoms with Crippen molar-refractivity contribution in [3.8, 4) is 0 Å². The Morgan fingerprint density at radius 2 is 2.22 bits per heavy atom. The second-order valence-electron chi connectivity index (χ2n) is 4.41. The third-order valence-corrected chi connectivity index (χ3v) is 3.23. The summed E-state index contributed by atoms with van der Waals surface area (Å²) in [5, 5.41) is 4.43. The highest BCUT2D eigenvalue weighted by atomic mass is 19.1. The van der Waals surface area contributed by atoms with Crippen molar-refractivity contribution < 1.29 is 4.39 Å². The van der Waals surface area contributed by atoms with Crippen molar-refractivity contribution in [1.82, 2.24) is 14.8 Å². The number of fused-ring (bicyclic) bond motifs is 1. The maximum atomic E-state index is 13.8. The molecule has 0 saturated heterocycles. The standard InChI is InChI=1S/C14H14FN3/c1-2-5-13-16-14-9-8-12(18(14)17-13)10-6-3-4-7-11(10)15/h2-7,12H,8-9H2,1H3/b5-2+/t12-/m0/s1. The largest absolute Gasteiger partial charge is 0.242 e. The van der Waals surface area contributed by atoms with Crippen molar-refractivity contribution in [3.05, 3.63) is 53.4 Å². The molecule has 1 aromatic carbocycles. The van der Waals surface area contributed by atoms with Crippen molar-refractivity contribution in [2.75, 3.05) is 0 Å². The molecule has 2 aromatic rings. The van der Waals surface area contributed by atoms with Crippen LogP contribution in [0.1, 0.15) is 36.6 Å². The van der Waals surface area contributed by atoms with E-state index in [-0.39, 0.29) is 11.9 Å². The third kappa shape index (κ3) is 1.74. The maximum Gasteiger partial charge on any atom is 0.173 e. The molecule has 0 N–H and O–H groups in total. The predicted molar refractivity (Wildman–Crippen MR) is 67.6 cm³/mol. The number of aryl methyl sites for hydroxylation is 1. The molecule has 0 amide bonds. The first-order chi connectivity index (χ1) is 8.79. The second-order valence-corrected chi connectivity index (χ2v) is 4.41. The van der Waals surface area contributed by atoms with Gasteiger partial charge in [-0.1, -0.05) is 24.3 Å². The van der Waals surface area contributed by atoms with Crippen LogP contribution in [0.25, 0.3) is 6.08 Å². The van der Waals surface area contributed by atoms with Crippen molar-refractivity contribution in [1.29, 1.82) is 0 Å². The highest BCUT2D eigenvalue weighted by Gasteiger charge is 2.28. The van der Waals surface area contributed by atoms with Crippen molar-refractivity contribution in [3.63, 3.8) is 0 Å². The fourth-order valence-corrected chi connectivity index (χ4v) is 2.43. The van der Waals surface area contributed by atoms with Gasteiger partial charge in [-0.3, -0.25) is 0 Å². The summed E-state index contributed by atoms with van der Waals surface area (Å²) in [6.45, 7) is 1.93. The van der Waals surface area contributed by atoms with Gasteiger partial charge in [0, 0.05) is 12.0 Å². The van der Waals surface area contributed by atoms with Crippen molar-refractivity contribution in [2.24, 2.45) is 0 Å². The molecule has 1 aliphatic heterocycles. The number of allylic oxidation sites excluding steroid dienone is 1. The summed E-state index contributed by atoms with van der Waals surface area (Å²) in [6, 6.07) is 6.87. The fraction of sp³-hybridized carbons (Fsp3) is 0.286. The molecule has 0 radical (unpaired) electrons. The Morgan fingerprint density at radius 3 is 3.00 bits per heavy atom. The average Bonchev–Trinajstić information content (AvgIpc) is 2.90. The van der Waals surface area contributed by atoms with Gasteiger partial charge in [0.15, 0.2) is 5.82 Å². The second kappa shape index (κ2) is 4.37. The number of halogens is 1. The highest BCUT2D eigenvalue weighted by molar-refractivity contribution is 5.39. The van der Waals surface area contributed by atoms with E-state index in [0.717, 1.165) is 18.7 Å². The van der Waals surface area contributed by atoms with Gasteiger partial charge in [0.1, 0.15) is 11.6 Å². The Hall–Kier alpha value is -1.97. The van der Waals surface area contributed by atoms with Crippen LogP contribution in [0, 0.1) is 5.82 Å². The van der Waals surface area contributed by atoms with E-state index in [1.165, 1.54) is 6.07 Å². The zero-order valence-corrected chi connectivity index (χ0v) is 10.2. The summed E-state index contributed by atoms with van der Waals surface area (Å²) in [6.07, 6.45) is 5.49. The first-order valence-corrected chi connectivity index (χ1v) is 6.12. The lowest BCUT2D eigenvalue weighted by molar-refractivity contribution is 0.512. The van der Waals surface area contributed by atoms with Crippen molar-refractivity contribution >= 4 is 6.08 Å². The summed E-state index contributed by atoms with van der Waals surface area (Å²) in [5.41, 5.74) is 0.702. The Morgan fingerprint density at radius 1 is 1.39 bits per heavy atom. The number of aromatic nitrogens is 3. The van der Waals surface area contributed by atoms with E-state index in [1.807, 2.05) is 35.9 Å². The molecule has 0 unspecified atom stereocenters. The lowest BCUT2D eigenvalue weighted by Crippen LogP contribution is -2.09. The first-order valence-electron chi connectivity index (χ1n) is 6.12. The SMILES string of the molecule is C/C=C/c1nc2n(n1)[C@H](c1ccccc1F)CC2. The van der Waals surface area contributed by atoms with Gasteiger partial charge in [-0.2, -0.15) is 5.10 Å². The molecule has 0 saturated carbocycles. The maximum absolute atomic E-state index is 13.8. The van der Waals surface area contributed by atoms with Crippen LogP contribution in [-0.2, 0) is 6.42 Å². The number of rotatable bonds is 2. The Labute approximate surface area is 105 Å². The van der Waals surface area contributed by atoms with Gasteiger partial charge in [0.05, 0.1) is 6.04 Å². The Balaban J connectivity index is 2.02. The molecule has 0 aliphatic carbocycles. The molecular weight excluding hydrogens is 229 g/mol. The van der Waals surface area contributed by atoms with Gasteiger partial charge < -0.3 is 0 Å². The monoisotopic (exact) mass is 243 g/mol. The molecule has 3 rings (SSSR count). The molecule has 3 nitrogen and oxygen atoms in total. The predicted octanol–water partition coefficient (Wildman–Crippen LogP) is 2.99. The highest BCUT2D eigenvalue weighted by Crippen LogP contribution is 2.31. The first kappa shape index (κ1) is 11.1. The smallest absolute Gasteiger partial charge is 0.173 e. The minimum absolute atomic E-state index is 0.0206. The summed E-state index contributed by atoms with van der Waals surface area (Å²) in [7, 11) is 0. The number of benzene rings is 1. The lowest BCUT2D eigenvalue weighted by atomic mass is 10.0. The molecule has 4 heteroatoms. The molecule has 0 bridgehead atoms. The fourth-order valence-electron chi connectivity index (χ4n) is 2.43. The average molecular weight is 243 g/mol. The molecular formula is C14H14FN3. The number of nitrogens with zero attached hydrogens (tertiary/aromatic N) is 3. The van der Waals surface area contributed by atoms with Gasteiger partial charge in [0.25, 0.3) is 0 Å². The quantitative estimate of drug-likeness (QED) is 0.811. The number of hydrogen-bond donors (Lipinski definition) is 0. The zero-order valence-electron chi connectivity index (χ0n) is 10.2. The topological polar surface area (TPSA) is 30.7 Å². The zero-order chi connectivity index (χ0) is 12.5. The van der Waals surface area contributed by atoms with E-state index in [2.05, 4.69) is 10.1 Å². The lowest BCUT2D eigenvalue weighted by Gasteiger charge is -2.12. The van der Waals surface area contributed by atoms with E-state index in [1.54, 1.807) is 6.07 Å². The van der Waals surface area contributed by atoms with E-state index in [0.29, 0.717) is 11.4 Å². The molecule has 0 fully saturated rings. The Kier molecular flexibility index (Phi) is 2.70. The van der Waals surface area contributed by atoms with Crippen LogP contribution >= 0.6 is 0 Å². The van der Waals surface area contributed by atoms with Crippen LogP contribution in [0.2, 0.25) is 0 Å². The summed E-state index contributed by atoms with van der Waals surface area (Å²) in [5.74, 6) is 1.48. The number of hydrogen-bond acceptors (Lipinski definition) is 2. The summed E-state index contributed by atoms with van der Waals surface area (Å²) in [4.78, 5) is 4.43. The van der Waals surface area contributed by atoms with E-state index in [9.17, 15) is 4.39 Å². The summed E-state index contributed by atoms with van der Waals surface area (Å²) >= 11 is 0. The van der Waals surface area contributed by atoms with Crippen LogP contribution in [0.4, 0.5) is 4.39 Å². The van der Waals surface area contributed by atoms with Gasteiger partial charge >= 0.3 is 0 Å². The van der Waals surface area contributed by atoms with E-state index < -0.39 is 0 Å². The molecule has 92 valence electrons. The van der Waals surface area contributed by atoms with Crippen molar-refractivity contribution in [2.45, 2.75) is 25.8 Å². The van der Waals surface area contributed by atoms with Crippen LogP contribution in [0.3, 0.4) is 0 Å². The molecule has 1 aromatic heterocycles. The van der Waals surface area contributed by atoms with E-state index in [4.69, 9.17) is 0 Å². The molecule has 18 heavy (non-hydrogen) atoms.